The predicted octanol–water partition coefficient (Wildman–Crippen LogP) is 4.96. The number of fused-ring (bicyclic) bond motifs is 1. The van der Waals surface area contributed by atoms with Crippen LogP contribution in [0.3, 0.4) is 0 Å². The molecule has 0 bridgehead atoms. The Kier molecular flexibility index (Phi) is 6.64. The van der Waals surface area contributed by atoms with Crippen molar-refractivity contribution < 1.29 is 19.1 Å². The summed E-state index contributed by atoms with van der Waals surface area (Å²) in [6, 6.07) is 12.6. The molecule has 6 nitrogen and oxygen atoms in total. The van der Waals surface area contributed by atoms with Gasteiger partial charge in [-0.25, -0.2) is 0 Å². The number of anilines is 1. The lowest BCUT2D eigenvalue weighted by Gasteiger charge is -2.32. The second kappa shape index (κ2) is 9.97. The average Bonchev–Trinajstić information content (AvgIpc) is 3.61. The zero-order chi connectivity index (χ0) is 22.6. The Morgan fingerprint density at radius 1 is 1.00 bits per heavy atom. The Labute approximate surface area is 201 Å². The summed E-state index contributed by atoms with van der Waals surface area (Å²) in [4.78, 5) is 30.8. The minimum Gasteiger partial charge on any atom is -0.486 e. The van der Waals surface area contributed by atoms with E-state index in [1.807, 2.05) is 53.2 Å². The first-order valence-electron chi connectivity index (χ1n) is 11.3. The fourth-order valence-corrected chi connectivity index (χ4v) is 5.95. The van der Waals surface area contributed by atoms with Crippen molar-refractivity contribution in [2.45, 2.75) is 44.2 Å². The van der Waals surface area contributed by atoms with Crippen molar-refractivity contribution in [2.24, 2.45) is 0 Å². The average molecular weight is 483 g/mol. The zero-order valence-electron chi connectivity index (χ0n) is 18.2. The normalized spacial score (nSPS) is 16.4. The number of amides is 2. The van der Waals surface area contributed by atoms with E-state index in [0.29, 0.717) is 30.4 Å². The Balaban J connectivity index is 1.54. The quantitative estimate of drug-likeness (QED) is 0.517. The van der Waals surface area contributed by atoms with E-state index >= 15 is 0 Å². The number of nitrogens with one attached hydrogen (secondary N) is 1. The van der Waals surface area contributed by atoms with Crippen LogP contribution < -0.4 is 19.7 Å². The highest BCUT2D eigenvalue weighted by Gasteiger charge is 2.35. The van der Waals surface area contributed by atoms with E-state index in [0.717, 1.165) is 35.4 Å². The first-order chi connectivity index (χ1) is 16.2. The molecular weight excluding hydrogens is 456 g/mol. The summed E-state index contributed by atoms with van der Waals surface area (Å²) in [6.45, 7) is 0.950. The number of nitrogens with zero attached hydrogens (tertiary/aromatic N) is 1. The highest BCUT2D eigenvalue weighted by Crippen LogP contribution is 2.38. The molecule has 33 heavy (non-hydrogen) atoms. The molecule has 0 unspecified atom stereocenters. The second-order valence-electron chi connectivity index (χ2n) is 8.26. The van der Waals surface area contributed by atoms with Gasteiger partial charge in [-0.3, -0.25) is 14.5 Å². The van der Waals surface area contributed by atoms with Crippen molar-refractivity contribution in [1.29, 1.82) is 0 Å². The monoisotopic (exact) mass is 482 g/mol. The van der Waals surface area contributed by atoms with E-state index in [4.69, 9.17) is 9.47 Å². The van der Waals surface area contributed by atoms with Crippen LogP contribution in [0.2, 0.25) is 0 Å². The third-order valence-electron chi connectivity index (χ3n) is 6.00. The molecule has 3 aromatic rings. The Morgan fingerprint density at radius 2 is 1.76 bits per heavy atom. The maximum atomic E-state index is 13.7. The molecular formula is C25H26N2O4S2. The lowest BCUT2D eigenvalue weighted by atomic mass is 10.1. The van der Waals surface area contributed by atoms with E-state index in [2.05, 4.69) is 5.32 Å². The maximum Gasteiger partial charge on any atom is 0.248 e. The van der Waals surface area contributed by atoms with Gasteiger partial charge < -0.3 is 14.8 Å². The van der Waals surface area contributed by atoms with Crippen LogP contribution in [-0.2, 0) is 16.0 Å². The van der Waals surface area contributed by atoms with Gasteiger partial charge in [0.25, 0.3) is 0 Å². The first kappa shape index (κ1) is 22.0. The molecule has 172 valence electrons. The van der Waals surface area contributed by atoms with E-state index in [9.17, 15) is 9.59 Å². The lowest BCUT2D eigenvalue weighted by Crippen LogP contribution is -2.46. The van der Waals surface area contributed by atoms with Crippen LogP contribution in [0.15, 0.2) is 53.2 Å². The Morgan fingerprint density at radius 3 is 2.48 bits per heavy atom. The van der Waals surface area contributed by atoms with Gasteiger partial charge in [-0.2, -0.15) is 0 Å². The smallest absolute Gasteiger partial charge is 0.248 e. The number of carbonyl (C=O) groups is 2. The van der Waals surface area contributed by atoms with Gasteiger partial charge in [0.15, 0.2) is 11.5 Å². The van der Waals surface area contributed by atoms with Crippen LogP contribution in [0, 0.1) is 0 Å². The van der Waals surface area contributed by atoms with Crippen molar-refractivity contribution in [3.8, 4) is 11.5 Å². The van der Waals surface area contributed by atoms with Gasteiger partial charge in [-0.15, -0.1) is 22.7 Å². The third kappa shape index (κ3) is 4.91. The Bertz CT molecular complexity index is 1090. The van der Waals surface area contributed by atoms with Gasteiger partial charge in [0, 0.05) is 27.5 Å². The number of thiophene rings is 2. The van der Waals surface area contributed by atoms with E-state index in [-0.39, 0.29) is 24.3 Å². The van der Waals surface area contributed by atoms with Crippen LogP contribution in [0.4, 0.5) is 5.69 Å². The van der Waals surface area contributed by atoms with Gasteiger partial charge in [-0.1, -0.05) is 25.0 Å². The van der Waals surface area contributed by atoms with Crippen LogP contribution in [-0.4, -0.2) is 31.1 Å². The van der Waals surface area contributed by atoms with Gasteiger partial charge >= 0.3 is 0 Å². The summed E-state index contributed by atoms with van der Waals surface area (Å²) >= 11 is 3.03. The summed E-state index contributed by atoms with van der Waals surface area (Å²) in [5.41, 5.74) is 0.626. The van der Waals surface area contributed by atoms with Gasteiger partial charge in [0.05, 0.1) is 6.42 Å². The molecule has 1 aromatic carbocycles. The SMILES string of the molecule is O=C(NC1CCCC1)[C@H](c1cccs1)N(C(=O)Cc1cccs1)c1ccc2c(c1)OCCO2. The molecule has 5 rings (SSSR count). The number of benzene rings is 1. The maximum absolute atomic E-state index is 13.7. The number of rotatable bonds is 7. The molecule has 1 aliphatic heterocycles. The van der Waals surface area contributed by atoms with Crippen molar-refractivity contribution in [3.05, 3.63) is 63.0 Å². The summed E-state index contributed by atoms with van der Waals surface area (Å²) in [7, 11) is 0. The molecule has 0 radical (unpaired) electrons. The highest BCUT2D eigenvalue weighted by atomic mass is 32.1. The molecule has 1 aliphatic carbocycles. The summed E-state index contributed by atoms with van der Waals surface area (Å²) in [5, 5.41) is 7.11. The number of hydrogen-bond donors (Lipinski definition) is 1. The van der Waals surface area contributed by atoms with E-state index < -0.39 is 6.04 Å². The summed E-state index contributed by atoms with van der Waals surface area (Å²) in [5.74, 6) is 0.973. The van der Waals surface area contributed by atoms with Crippen molar-refractivity contribution >= 4 is 40.2 Å². The molecule has 3 heterocycles. The van der Waals surface area contributed by atoms with Gasteiger partial charge in [0.2, 0.25) is 11.8 Å². The predicted molar refractivity (Wildman–Crippen MR) is 130 cm³/mol. The molecule has 1 atom stereocenters. The summed E-state index contributed by atoms with van der Waals surface area (Å²) < 4.78 is 11.4. The van der Waals surface area contributed by atoms with Crippen molar-refractivity contribution in [3.63, 3.8) is 0 Å². The van der Waals surface area contributed by atoms with Crippen LogP contribution in [0.25, 0.3) is 0 Å². The summed E-state index contributed by atoms with van der Waals surface area (Å²) in [6.07, 6.45) is 4.44. The van der Waals surface area contributed by atoms with Crippen molar-refractivity contribution in [2.75, 3.05) is 18.1 Å². The zero-order valence-corrected chi connectivity index (χ0v) is 19.8. The molecule has 1 N–H and O–H groups in total. The molecule has 2 aliphatic rings. The molecule has 1 fully saturated rings. The van der Waals surface area contributed by atoms with Crippen LogP contribution >= 0.6 is 22.7 Å². The molecule has 1 saturated carbocycles. The molecule has 2 amide bonds. The van der Waals surface area contributed by atoms with E-state index in [1.165, 1.54) is 11.3 Å². The lowest BCUT2D eigenvalue weighted by molar-refractivity contribution is -0.126. The fraction of sp³-hybridized carbons (Fsp3) is 0.360. The largest absolute Gasteiger partial charge is 0.486 e. The van der Waals surface area contributed by atoms with Crippen LogP contribution in [0.1, 0.15) is 41.5 Å². The minimum atomic E-state index is -0.749. The first-order valence-corrected chi connectivity index (χ1v) is 13.0. The number of hydrogen-bond acceptors (Lipinski definition) is 6. The molecule has 2 aromatic heterocycles. The van der Waals surface area contributed by atoms with Gasteiger partial charge in [0.1, 0.15) is 19.3 Å². The van der Waals surface area contributed by atoms with Gasteiger partial charge in [-0.05, 0) is 47.9 Å². The standard InChI is InChI=1S/C25H26N2O4S2/c28-23(16-19-7-3-13-32-19)27(18-9-10-20-21(15-18)31-12-11-30-20)24(22-8-4-14-33-22)25(29)26-17-5-1-2-6-17/h3-4,7-10,13-15,17,24H,1-2,5-6,11-12,16H2,(H,26,29)/t24-/m0/s1. The van der Waals surface area contributed by atoms with Crippen molar-refractivity contribution in [1.82, 2.24) is 5.32 Å². The minimum absolute atomic E-state index is 0.130. The van der Waals surface area contributed by atoms with Crippen LogP contribution in [0.5, 0.6) is 11.5 Å². The molecule has 0 spiro atoms. The Hall–Kier alpha value is -2.84. The number of ether oxygens (including phenoxy) is 2. The fourth-order valence-electron chi connectivity index (χ4n) is 4.44. The second-order valence-corrected chi connectivity index (χ2v) is 10.3. The third-order valence-corrected chi connectivity index (χ3v) is 7.80. The molecule has 0 saturated heterocycles. The van der Waals surface area contributed by atoms with E-state index in [1.54, 1.807) is 16.2 Å². The molecule has 8 heteroatoms. The highest BCUT2D eigenvalue weighted by molar-refractivity contribution is 7.10. The number of carbonyl (C=O) groups excluding carboxylic acids is 2. The topological polar surface area (TPSA) is 67.9 Å².